The van der Waals surface area contributed by atoms with E-state index in [1.807, 2.05) is 23.6 Å². The van der Waals surface area contributed by atoms with Crippen LogP contribution in [0.25, 0.3) is 0 Å². The fraction of sp³-hybridized carbons (Fsp3) is 0.200. The Hall–Kier alpha value is -3.98. The van der Waals surface area contributed by atoms with E-state index in [1.54, 1.807) is 48.5 Å². The number of para-hydroxylation sites is 1. The molecule has 1 atom stereocenters. The van der Waals surface area contributed by atoms with Crippen LogP contribution in [0.3, 0.4) is 0 Å². The number of thiophene rings is 1. The average Bonchev–Trinajstić information content (AvgIpc) is 3.44. The maximum absolute atomic E-state index is 13.3. The van der Waals surface area contributed by atoms with Gasteiger partial charge in [0, 0.05) is 17.5 Å². The van der Waals surface area contributed by atoms with Crippen molar-refractivity contribution in [1.29, 1.82) is 0 Å². The summed E-state index contributed by atoms with van der Waals surface area (Å²) >= 11 is 1.47. The molecule has 2 aromatic carbocycles. The van der Waals surface area contributed by atoms with Gasteiger partial charge in [0.15, 0.2) is 6.61 Å². The number of hydrogen-bond donors (Lipinski definition) is 1. The third-order valence-corrected chi connectivity index (χ3v) is 6.14. The van der Waals surface area contributed by atoms with Gasteiger partial charge in [-0.25, -0.2) is 4.90 Å². The summed E-state index contributed by atoms with van der Waals surface area (Å²) in [5.41, 5.74) is 0.940. The summed E-state index contributed by atoms with van der Waals surface area (Å²) in [6.45, 7) is 1.35. The normalized spacial score (nSPS) is 15.3. The van der Waals surface area contributed by atoms with E-state index in [0.717, 1.165) is 9.78 Å². The number of nitrogens with zero attached hydrogens (tertiary/aromatic N) is 2. The predicted octanol–water partition coefficient (Wildman–Crippen LogP) is 3.45. The van der Waals surface area contributed by atoms with E-state index in [4.69, 9.17) is 4.74 Å². The van der Waals surface area contributed by atoms with Crippen LogP contribution in [-0.2, 0) is 25.7 Å². The lowest BCUT2D eigenvalue weighted by Crippen LogP contribution is -2.46. The molecule has 1 aliphatic heterocycles. The fourth-order valence-electron chi connectivity index (χ4n) is 3.72. The molecule has 174 valence electrons. The summed E-state index contributed by atoms with van der Waals surface area (Å²) < 4.78 is 5.61. The number of ether oxygens (including phenoxy) is 1. The largest absolute Gasteiger partial charge is 0.484 e. The number of imide groups is 1. The monoisotopic (exact) mass is 477 g/mol. The van der Waals surface area contributed by atoms with E-state index in [-0.39, 0.29) is 31.4 Å². The number of nitrogens with one attached hydrogen (secondary N) is 1. The van der Waals surface area contributed by atoms with Gasteiger partial charge in [0.1, 0.15) is 11.8 Å². The van der Waals surface area contributed by atoms with Crippen molar-refractivity contribution in [2.75, 3.05) is 16.8 Å². The van der Waals surface area contributed by atoms with Gasteiger partial charge in [-0.3, -0.25) is 19.2 Å². The Morgan fingerprint density at radius 1 is 1.06 bits per heavy atom. The van der Waals surface area contributed by atoms with Gasteiger partial charge in [0.25, 0.3) is 11.8 Å². The van der Waals surface area contributed by atoms with Crippen LogP contribution in [0.5, 0.6) is 5.75 Å². The Morgan fingerprint density at radius 2 is 1.79 bits per heavy atom. The predicted molar refractivity (Wildman–Crippen MR) is 128 cm³/mol. The number of rotatable bonds is 8. The van der Waals surface area contributed by atoms with Crippen LogP contribution >= 0.6 is 11.3 Å². The van der Waals surface area contributed by atoms with Crippen molar-refractivity contribution in [2.45, 2.75) is 25.9 Å². The van der Waals surface area contributed by atoms with Crippen molar-refractivity contribution < 1.29 is 23.9 Å². The second kappa shape index (κ2) is 10.3. The number of benzene rings is 2. The van der Waals surface area contributed by atoms with Crippen molar-refractivity contribution in [3.63, 3.8) is 0 Å². The Bertz CT molecular complexity index is 1180. The van der Waals surface area contributed by atoms with Gasteiger partial charge < -0.3 is 15.0 Å². The number of anilines is 2. The van der Waals surface area contributed by atoms with Crippen LogP contribution < -0.4 is 15.0 Å². The Kier molecular flexibility index (Phi) is 7.03. The number of amides is 4. The summed E-state index contributed by atoms with van der Waals surface area (Å²) in [5, 5.41) is 4.54. The first-order chi connectivity index (χ1) is 16.4. The second-order valence-corrected chi connectivity index (χ2v) is 8.75. The van der Waals surface area contributed by atoms with Gasteiger partial charge >= 0.3 is 0 Å². The maximum atomic E-state index is 13.3. The maximum Gasteiger partial charge on any atom is 0.261 e. The third kappa shape index (κ3) is 5.32. The van der Waals surface area contributed by atoms with E-state index in [2.05, 4.69) is 5.32 Å². The molecule has 4 rings (SSSR count). The van der Waals surface area contributed by atoms with Crippen LogP contribution in [0, 0.1) is 0 Å². The molecule has 9 heteroatoms. The zero-order chi connectivity index (χ0) is 24.1. The van der Waals surface area contributed by atoms with Crippen molar-refractivity contribution in [3.8, 4) is 5.75 Å². The Morgan fingerprint density at radius 3 is 2.44 bits per heavy atom. The first-order valence-electron chi connectivity index (χ1n) is 10.7. The highest BCUT2D eigenvalue weighted by Gasteiger charge is 2.44. The highest BCUT2D eigenvalue weighted by molar-refractivity contribution is 7.09. The highest BCUT2D eigenvalue weighted by atomic mass is 32.1. The Labute approximate surface area is 200 Å². The first-order valence-corrected chi connectivity index (χ1v) is 11.5. The molecule has 0 saturated carbocycles. The van der Waals surface area contributed by atoms with Crippen LogP contribution in [0.1, 0.15) is 18.2 Å². The first kappa shape index (κ1) is 23.2. The lowest BCUT2D eigenvalue weighted by atomic mass is 10.2. The lowest BCUT2D eigenvalue weighted by molar-refractivity contribution is -0.140. The summed E-state index contributed by atoms with van der Waals surface area (Å²) in [5.74, 6) is -0.924. The van der Waals surface area contributed by atoms with Gasteiger partial charge in [-0.15, -0.1) is 11.3 Å². The fourth-order valence-corrected chi connectivity index (χ4v) is 4.42. The molecule has 4 amide bonds. The van der Waals surface area contributed by atoms with Gasteiger partial charge in [-0.05, 0) is 47.8 Å². The van der Waals surface area contributed by atoms with Gasteiger partial charge in [-0.2, -0.15) is 0 Å². The number of carbonyl (C=O) groups is 4. The number of hydrogen-bond acceptors (Lipinski definition) is 6. The molecular weight excluding hydrogens is 454 g/mol. The van der Waals surface area contributed by atoms with E-state index >= 15 is 0 Å². The summed E-state index contributed by atoms with van der Waals surface area (Å²) in [6, 6.07) is 18.2. The molecule has 0 aliphatic carbocycles. The van der Waals surface area contributed by atoms with Crippen LogP contribution in [0.4, 0.5) is 11.4 Å². The SMILES string of the molecule is CC(=O)Nc1ccc(N2C(=O)CC(N(Cc3cccs3)C(=O)COc3ccccc3)C2=O)cc1. The van der Waals surface area contributed by atoms with Gasteiger partial charge in [0.05, 0.1) is 18.7 Å². The molecule has 1 fully saturated rings. The van der Waals surface area contributed by atoms with E-state index < -0.39 is 17.9 Å². The molecule has 1 aromatic heterocycles. The molecule has 3 aromatic rings. The summed E-state index contributed by atoms with van der Waals surface area (Å²) in [4.78, 5) is 54.0. The zero-order valence-electron chi connectivity index (χ0n) is 18.5. The molecule has 1 N–H and O–H groups in total. The minimum absolute atomic E-state index is 0.116. The van der Waals surface area contributed by atoms with Crippen molar-refractivity contribution in [2.24, 2.45) is 0 Å². The molecule has 1 unspecified atom stereocenters. The molecular formula is C25H23N3O5S. The lowest BCUT2D eigenvalue weighted by Gasteiger charge is -2.27. The minimum Gasteiger partial charge on any atom is -0.484 e. The second-order valence-electron chi connectivity index (χ2n) is 7.72. The molecule has 8 nitrogen and oxygen atoms in total. The molecule has 1 saturated heterocycles. The van der Waals surface area contributed by atoms with Crippen LogP contribution in [-0.4, -0.2) is 41.2 Å². The van der Waals surface area contributed by atoms with E-state index in [9.17, 15) is 19.2 Å². The van der Waals surface area contributed by atoms with Crippen molar-refractivity contribution in [3.05, 3.63) is 77.0 Å². The van der Waals surface area contributed by atoms with Gasteiger partial charge in [-0.1, -0.05) is 24.3 Å². The zero-order valence-corrected chi connectivity index (χ0v) is 19.3. The van der Waals surface area contributed by atoms with E-state index in [1.165, 1.54) is 23.2 Å². The van der Waals surface area contributed by atoms with Crippen LogP contribution in [0.15, 0.2) is 72.1 Å². The molecule has 34 heavy (non-hydrogen) atoms. The molecule has 2 heterocycles. The standard InChI is InChI=1S/C25H23N3O5S/c1-17(29)26-18-9-11-19(12-10-18)28-23(30)14-22(25(28)32)27(15-21-8-5-13-34-21)24(31)16-33-20-6-3-2-4-7-20/h2-13,22H,14-16H2,1H3,(H,26,29). The van der Waals surface area contributed by atoms with E-state index in [0.29, 0.717) is 17.1 Å². The van der Waals surface area contributed by atoms with Gasteiger partial charge in [0.2, 0.25) is 11.8 Å². The summed E-state index contributed by atoms with van der Waals surface area (Å²) in [6.07, 6.45) is -0.116. The third-order valence-electron chi connectivity index (χ3n) is 5.28. The smallest absolute Gasteiger partial charge is 0.261 e. The van der Waals surface area contributed by atoms with Crippen LogP contribution in [0.2, 0.25) is 0 Å². The topological polar surface area (TPSA) is 96.0 Å². The molecule has 0 spiro atoms. The quantitative estimate of drug-likeness (QED) is 0.502. The Balaban J connectivity index is 1.53. The highest BCUT2D eigenvalue weighted by Crippen LogP contribution is 2.28. The molecule has 0 radical (unpaired) electrons. The minimum atomic E-state index is -0.934. The molecule has 0 bridgehead atoms. The van der Waals surface area contributed by atoms with Crippen molar-refractivity contribution >= 4 is 46.3 Å². The number of carbonyl (C=O) groups excluding carboxylic acids is 4. The van der Waals surface area contributed by atoms with Crippen molar-refractivity contribution in [1.82, 2.24) is 4.90 Å². The average molecular weight is 478 g/mol. The molecule has 1 aliphatic rings. The summed E-state index contributed by atoms with van der Waals surface area (Å²) in [7, 11) is 0.